The molecule has 194 valence electrons. The molecule has 2 aromatic carbocycles. The Hall–Kier alpha value is -3.99. The molecule has 0 radical (unpaired) electrons. The topological polar surface area (TPSA) is 96.4 Å². The number of anilines is 2. The lowest BCUT2D eigenvalue weighted by atomic mass is 10.0. The van der Waals surface area contributed by atoms with Crippen LogP contribution in [0.4, 0.5) is 24.7 Å². The van der Waals surface area contributed by atoms with Crippen molar-refractivity contribution in [1.82, 2.24) is 14.9 Å². The van der Waals surface area contributed by atoms with Crippen molar-refractivity contribution in [2.24, 2.45) is 0 Å². The first-order valence-corrected chi connectivity index (χ1v) is 11.8. The van der Waals surface area contributed by atoms with Crippen LogP contribution >= 0.6 is 0 Å². The fourth-order valence-electron chi connectivity index (χ4n) is 4.11. The van der Waals surface area contributed by atoms with Gasteiger partial charge >= 0.3 is 6.18 Å². The number of carbonyl (C=O) groups is 1. The Morgan fingerprint density at radius 2 is 1.92 bits per heavy atom. The Labute approximate surface area is 212 Å². The number of halogens is 3. The van der Waals surface area contributed by atoms with Crippen molar-refractivity contribution in [1.29, 1.82) is 0 Å². The van der Waals surface area contributed by atoms with Gasteiger partial charge in [-0.2, -0.15) is 13.2 Å². The summed E-state index contributed by atoms with van der Waals surface area (Å²) in [5.74, 6) is 0.184. The number of hydrogen-bond donors (Lipinski definition) is 2. The van der Waals surface area contributed by atoms with Gasteiger partial charge in [-0.25, -0.2) is 14.5 Å². The van der Waals surface area contributed by atoms with E-state index in [1.807, 2.05) is 18.0 Å². The number of piperazine rings is 1. The SMILES string of the molecule is CC=[N+]1CCN(Cc2ccc(NC(=O)COc3ccc(-c4cncnc4N)cc3)cc2C(F)(F)F)CC1. The number of nitrogens with one attached hydrogen (secondary N) is 1. The van der Waals surface area contributed by atoms with E-state index in [1.54, 1.807) is 30.5 Å². The Bertz CT molecular complexity index is 1270. The Kier molecular flexibility index (Phi) is 8.02. The molecule has 1 aliphatic rings. The number of hydrogen-bond acceptors (Lipinski definition) is 6. The summed E-state index contributed by atoms with van der Waals surface area (Å²) in [6.07, 6.45) is 0.399. The fraction of sp³-hybridized carbons (Fsp3) is 0.308. The first-order chi connectivity index (χ1) is 17.7. The summed E-state index contributed by atoms with van der Waals surface area (Å²) in [4.78, 5) is 22.3. The van der Waals surface area contributed by atoms with Gasteiger partial charge in [0.05, 0.1) is 18.7 Å². The van der Waals surface area contributed by atoms with Crippen molar-refractivity contribution in [3.05, 3.63) is 66.1 Å². The van der Waals surface area contributed by atoms with E-state index in [0.29, 0.717) is 30.2 Å². The maximum Gasteiger partial charge on any atom is 0.416 e. The summed E-state index contributed by atoms with van der Waals surface area (Å²) < 4.78 is 49.0. The molecule has 0 atom stereocenters. The minimum atomic E-state index is -4.54. The summed E-state index contributed by atoms with van der Waals surface area (Å²) in [5, 5.41) is 2.49. The van der Waals surface area contributed by atoms with Crippen LogP contribution < -0.4 is 15.8 Å². The predicted octanol–water partition coefficient (Wildman–Crippen LogP) is 3.68. The van der Waals surface area contributed by atoms with E-state index < -0.39 is 17.6 Å². The molecule has 37 heavy (non-hydrogen) atoms. The van der Waals surface area contributed by atoms with E-state index in [9.17, 15) is 18.0 Å². The van der Waals surface area contributed by atoms with Gasteiger partial charge < -0.3 is 15.8 Å². The van der Waals surface area contributed by atoms with Gasteiger partial charge in [-0.05, 0) is 35.4 Å². The second-order valence-corrected chi connectivity index (χ2v) is 8.62. The smallest absolute Gasteiger partial charge is 0.416 e. The third kappa shape index (κ3) is 6.82. The molecular formula is C26H28F3N6O2+. The Morgan fingerprint density at radius 1 is 1.19 bits per heavy atom. The summed E-state index contributed by atoms with van der Waals surface area (Å²) in [6.45, 7) is 4.71. The maximum absolute atomic E-state index is 13.8. The number of rotatable bonds is 7. The van der Waals surface area contributed by atoms with E-state index in [4.69, 9.17) is 10.5 Å². The maximum atomic E-state index is 13.8. The zero-order valence-electron chi connectivity index (χ0n) is 20.3. The average Bonchev–Trinajstić information content (AvgIpc) is 2.89. The number of benzene rings is 2. The monoisotopic (exact) mass is 513 g/mol. The van der Waals surface area contributed by atoms with Crippen molar-refractivity contribution in [3.8, 4) is 16.9 Å². The number of nitrogen functional groups attached to an aromatic ring is 1. The number of carbonyl (C=O) groups excluding carboxylic acids is 1. The summed E-state index contributed by atoms with van der Waals surface area (Å²) in [7, 11) is 0. The number of nitrogens with two attached hydrogens (primary N) is 1. The lowest BCUT2D eigenvalue weighted by Crippen LogP contribution is -2.41. The van der Waals surface area contributed by atoms with Gasteiger partial charge in [-0.1, -0.05) is 18.2 Å². The van der Waals surface area contributed by atoms with E-state index in [-0.39, 0.29) is 24.4 Å². The van der Waals surface area contributed by atoms with Crippen LogP contribution in [0.15, 0.2) is 55.0 Å². The van der Waals surface area contributed by atoms with Crippen LogP contribution in [0.25, 0.3) is 11.1 Å². The second-order valence-electron chi connectivity index (χ2n) is 8.62. The van der Waals surface area contributed by atoms with Gasteiger partial charge in [-0.3, -0.25) is 9.69 Å². The van der Waals surface area contributed by atoms with Crippen LogP contribution in [0, 0.1) is 0 Å². The summed E-state index contributed by atoms with van der Waals surface area (Å²) >= 11 is 0. The molecule has 2 heterocycles. The van der Waals surface area contributed by atoms with Gasteiger partial charge in [-0.15, -0.1) is 0 Å². The average molecular weight is 514 g/mol. The van der Waals surface area contributed by atoms with Gasteiger partial charge in [0.2, 0.25) is 0 Å². The molecule has 0 saturated carbocycles. The standard InChI is InChI=1S/C26H27F3N6O2/c1-2-34-9-11-35(12-10-34)15-19-3-6-20(13-23(19)26(27,28)29)33-24(36)16-37-21-7-4-18(5-8-21)22-14-31-17-32-25(22)30/h2-8,13-14,17H,9-12,15-16H2,1H3,(H2-,30,31,32,33,36)/p+1. The van der Waals surface area contributed by atoms with Crippen LogP contribution in [0.2, 0.25) is 0 Å². The van der Waals surface area contributed by atoms with Gasteiger partial charge in [0.15, 0.2) is 19.7 Å². The fourth-order valence-corrected chi connectivity index (χ4v) is 4.11. The quantitative estimate of drug-likeness (QED) is 0.468. The van der Waals surface area contributed by atoms with E-state index in [1.165, 1.54) is 18.5 Å². The van der Waals surface area contributed by atoms with Gasteiger partial charge in [0.1, 0.15) is 24.1 Å². The van der Waals surface area contributed by atoms with E-state index in [2.05, 4.69) is 19.9 Å². The molecule has 3 N–H and O–H groups in total. The van der Waals surface area contributed by atoms with Crippen LogP contribution in [0.3, 0.4) is 0 Å². The highest BCUT2D eigenvalue weighted by atomic mass is 19.4. The highest BCUT2D eigenvalue weighted by Gasteiger charge is 2.34. The minimum Gasteiger partial charge on any atom is -0.484 e. The number of amides is 1. The number of ether oxygens (including phenoxy) is 1. The van der Waals surface area contributed by atoms with Crippen LogP contribution in [0.1, 0.15) is 18.1 Å². The Balaban J connectivity index is 1.36. The highest BCUT2D eigenvalue weighted by molar-refractivity contribution is 5.92. The third-order valence-corrected chi connectivity index (χ3v) is 6.14. The van der Waals surface area contributed by atoms with Crippen LogP contribution in [-0.2, 0) is 17.5 Å². The molecule has 4 rings (SSSR count). The van der Waals surface area contributed by atoms with E-state index >= 15 is 0 Å². The molecular weight excluding hydrogens is 485 g/mol. The van der Waals surface area contributed by atoms with Crippen LogP contribution in [0.5, 0.6) is 5.75 Å². The molecule has 3 aromatic rings. The molecule has 0 spiro atoms. The van der Waals surface area contributed by atoms with Crippen LogP contribution in [-0.4, -0.2) is 64.4 Å². The molecule has 11 heteroatoms. The zero-order chi connectivity index (χ0) is 26.4. The lowest BCUT2D eigenvalue weighted by molar-refractivity contribution is -0.536. The predicted molar refractivity (Wildman–Crippen MR) is 134 cm³/mol. The lowest BCUT2D eigenvalue weighted by Gasteiger charge is -2.26. The second kappa shape index (κ2) is 11.4. The van der Waals surface area contributed by atoms with Crippen molar-refractivity contribution in [2.45, 2.75) is 19.6 Å². The molecule has 0 bridgehead atoms. The van der Waals surface area contributed by atoms with Crippen molar-refractivity contribution in [3.63, 3.8) is 0 Å². The normalized spacial score (nSPS) is 14.3. The van der Waals surface area contributed by atoms with E-state index in [0.717, 1.165) is 24.7 Å². The highest BCUT2D eigenvalue weighted by Crippen LogP contribution is 2.34. The molecule has 0 aliphatic carbocycles. The molecule has 1 amide bonds. The first-order valence-electron chi connectivity index (χ1n) is 11.8. The minimum absolute atomic E-state index is 0.0602. The van der Waals surface area contributed by atoms with Crippen molar-refractivity contribution >= 4 is 23.6 Å². The van der Waals surface area contributed by atoms with Gasteiger partial charge in [0.25, 0.3) is 5.91 Å². The number of nitrogens with zero attached hydrogens (tertiary/aromatic N) is 4. The third-order valence-electron chi connectivity index (χ3n) is 6.14. The van der Waals surface area contributed by atoms with Gasteiger partial charge in [0, 0.05) is 30.9 Å². The summed E-state index contributed by atoms with van der Waals surface area (Å²) in [5.41, 5.74) is 6.78. The largest absolute Gasteiger partial charge is 0.484 e. The molecule has 1 fully saturated rings. The van der Waals surface area contributed by atoms with Crippen molar-refractivity contribution < 1.29 is 27.3 Å². The number of alkyl halides is 3. The molecule has 1 aromatic heterocycles. The Morgan fingerprint density at radius 3 is 2.57 bits per heavy atom. The van der Waals surface area contributed by atoms with Crippen molar-refractivity contribution in [2.75, 3.05) is 43.8 Å². The summed E-state index contributed by atoms with van der Waals surface area (Å²) in [6, 6.07) is 10.7. The zero-order valence-corrected chi connectivity index (χ0v) is 20.3. The molecule has 1 aliphatic heterocycles. The molecule has 0 unspecified atom stereocenters. The first kappa shape index (κ1) is 26.1. The number of aromatic nitrogens is 2. The molecule has 8 nitrogen and oxygen atoms in total. The molecule has 1 saturated heterocycles.